The van der Waals surface area contributed by atoms with E-state index in [1.54, 1.807) is 6.33 Å². The lowest BCUT2D eigenvalue weighted by Crippen LogP contribution is -2.19. The molecule has 0 aliphatic carbocycles. The average molecular weight is 172 g/mol. The first kappa shape index (κ1) is 8.42. The van der Waals surface area contributed by atoms with Gasteiger partial charge in [-0.25, -0.2) is 4.98 Å². The molecule has 0 aliphatic heterocycles. The number of anilines is 1. The van der Waals surface area contributed by atoms with E-state index in [9.17, 15) is 0 Å². The summed E-state index contributed by atoms with van der Waals surface area (Å²) in [6, 6.07) is 0. The highest BCUT2D eigenvalue weighted by Gasteiger charge is 1.99. The molecule has 0 spiro atoms. The molecule has 0 saturated carbocycles. The van der Waals surface area contributed by atoms with E-state index in [-0.39, 0.29) is 0 Å². The van der Waals surface area contributed by atoms with Crippen LogP contribution in [0.5, 0.6) is 0 Å². The molecule has 62 valence electrons. The molecule has 4 nitrogen and oxygen atoms in total. The molecule has 1 unspecified atom stereocenters. The lowest BCUT2D eigenvalue weighted by atomic mass is 10.2. The second kappa shape index (κ2) is 4.25. The lowest BCUT2D eigenvalue weighted by Gasteiger charge is -2.07. The molecule has 0 aliphatic rings. The van der Waals surface area contributed by atoms with Gasteiger partial charge in [0.25, 0.3) is 0 Å². The van der Waals surface area contributed by atoms with Crippen LogP contribution in [0, 0.1) is 5.92 Å². The summed E-state index contributed by atoms with van der Waals surface area (Å²) in [6.07, 6.45) is 1.54. The Kier molecular flexibility index (Phi) is 3.25. The third-order valence-electron chi connectivity index (χ3n) is 1.37. The minimum absolute atomic E-state index is 0.485. The van der Waals surface area contributed by atoms with E-state index in [1.165, 1.54) is 11.5 Å². The molecule has 5 heteroatoms. The second-order valence-electron chi connectivity index (χ2n) is 2.47. The fourth-order valence-corrected chi connectivity index (χ4v) is 1.03. The topological polar surface area (TPSA) is 63.8 Å². The molecule has 0 amide bonds. The van der Waals surface area contributed by atoms with E-state index in [0.717, 1.165) is 11.7 Å². The van der Waals surface area contributed by atoms with Crippen molar-refractivity contribution >= 4 is 16.7 Å². The summed E-state index contributed by atoms with van der Waals surface area (Å²) in [7, 11) is 0. The third-order valence-corrected chi connectivity index (χ3v) is 1.99. The zero-order valence-electron chi connectivity index (χ0n) is 6.45. The molecule has 1 heterocycles. The van der Waals surface area contributed by atoms with Crippen LogP contribution in [0.4, 0.5) is 5.13 Å². The highest BCUT2D eigenvalue weighted by atomic mass is 32.1. The van der Waals surface area contributed by atoms with Gasteiger partial charge < -0.3 is 11.1 Å². The lowest BCUT2D eigenvalue weighted by molar-refractivity contribution is 0.628. The number of rotatable bonds is 4. The zero-order chi connectivity index (χ0) is 8.10. The van der Waals surface area contributed by atoms with Gasteiger partial charge in [0.05, 0.1) is 0 Å². The quantitative estimate of drug-likeness (QED) is 0.696. The van der Waals surface area contributed by atoms with Crippen LogP contribution in [0.15, 0.2) is 6.33 Å². The van der Waals surface area contributed by atoms with Crippen LogP contribution >= 0.6 is 11.5 Å². The number of hydrogen-bond acceptors (Lipinski definition) is 5. The average Bonchev–Trinajstić information content (AvgIpc) is 2.52. The highest BCUT2D eigenvalue weighted by Crippen LogP contribution is 2.06. The van der Waals surface area contributed by atoms with Crippen LogP contribution in [0.1, 0.15) is 6.92 Å². The molecular weight excluding hydrogens is 160 g/mol. The minimum Gasteiger partial charge on any atom is -0.360 e. The van der Waals surface area contributed by atoms with E-state index in [1.807, 2.05) is 0 Å². The van der Waals surface area contributed by atoms with Crippen molar-refractivity contribution in [2.24, 2.45) is 11.7 Å². The molecule has 0 aromatic carbocycles. The Hall–Kier alpha value is -0.680. The second-order valence-corrected chi connectivity index (χ2v) is 3.25. The van der Waals surface area contributed by atoms with Gasteiger partial charge in [-0.05, 0) is 12.5 Å². The Morgan fingerprint density at radius 2 is 2.64 bits per heavy atom. The summed E-state index contributed by atoms with van der Waals surface area (Å²) >= 11 is 1.36. The maximum atomic E-state index is 5.44. The van der Waals surface area contributed by atoms with Crippen molar-refractivity contribution in [3.05, 3.63) is 6.33 Å². The molecule has 1 aromatic heterocycles. The zero-order valence-corrected chi connectivity index (χ0v) is 7.27. The number of nitrogens with one attached hydrogen (secondary N) is 1. The van der Waals surface area contributed by atoms with Crippen LogP contribution in [0.2, 0.25) is 0 Å². The fourth-order valence-electron chi connectivity index (χ4n) is 0.596. The summed E-state index contributed by atoms with van der Waals surface area (Å²) in [4.78, 5) is 3.98. The fraction of sp³-hybridized carbons (Fsp3) is 0.667. The predicted molar refractivity (Wildman–Crippen MR) is 46.6 cm³/mol. The summed E-state index contributed by atoms with van der Waals surface area (Å²) in [5.41, 5.74) is 5.44. The maximum Gasteiger partial charge on any atom is 0.202 e. The van der Waals surface area contributed by atoms with Gasteiger partial charge in [-0.1, -0.05) is 6.92 Å². The molecule has 11 heavy (non-hydrogen) atoms. The molecule has 0 radical (unpaired) electrons. The largest absolute Gasteiger partial charge is 0.360 e. The Bertz CT molecular complexity index is 186. The molecule has 1 atom stereocenters. The van der Waals surface area contributed by atoms with Crippen molar-refractivity contribution in [3.63, 3.8) is 0 Å². The molecule has 1 rings (SSSR count). The first-order chi connectivity index (χ1) is 5.33. The van der Waals surface area contributed by atoms with Crippen molar-refractivity contribution in [2.75, 3.05) is 18.4 Å². The van der Waals surface area contributed by atoms with Crippen LogP contribution in [0.25, 0.3) is 0 Å². The Morgan fingerprint density at radius 1 is 1.82 bits per heavy atom. The van der Waals surface area contributed by atoms with Gasteiger partial charge in [0, 0.05) is 18.1 Å². The minimum atomic E-state index is 0.485. The maximum absolute atomic E-state index is 5.44. The van der Waals surface area contributed by atoms with Crippen LogP contribution in [0.3, 0.4) is 0 Å². The van der Waals surface area contributed by atoms with Gasteiger partial charge >= 0.3 is 0 Å². The van der Waals surface area contributed by atoms with Gasteiger partial charge in [-0.15, -0.1) is 0 Å². The van der Waals surface area contributed by atoms with Crippen LogP contribution < -0.4 is 11.1 Å². The molecule has 0 bridgehead atoms. The third kappa shape index (κ3) is 2.81. The first-order valence-corrected chi connectivity index (χ1v) is 4.31. The Labute approximate surface area is 70.0 Å². The van der Waals surface area contributed by atoms with Gasteiger partial charge in [0.1, 0.15) is 6.33 Å². The monoisotopic (exact) mass is 172 g/mol. The van der Waals surface area contributed by atoms with Crippen molar-refractivity contribution in [1.29, 1.82) is 0 Å². The number of aromatic nitrogens is 2. The smallest absolute Gasteiger partial charge is 0.202 e. The van der Waals surface area contributed by atoms with Crippen LogP contribution in [-0.4, -0.2) is 22.4 Å². The SMILES string of the molecule is CC(CN)CNc1ncns1. The number of nitrogens with zero attached hydrogens (tertiary/aromatic N) is 2. The van der Waals surface area contributed by atoms with Gasteiger partial charge in [0.15, 0.2) is 0 Å². The van der Waals surface area contributed by atoms with Crippen molar-refractivity contribution in [2.45, 2.75) is 6.92 Å². The van der Waals surface area contributed by atoms with Gasteiger partial charge in [-0.3, -0.25) is 0 Å². The van der Waals surface area contributed by atoms with Crippen LogP contribution in [-0.2, 0) is 0 Å². The highest BCUT2D eigenvalue weighted by molar-refractivity contribution is 7.09. The summed E-state index contributed by atoms with van der Waals surface area (Å²) in [5.74, 6) is 0.485. The molecule has 3 N–H and O–H groups in total. The van der Waals surface area contributed by atoms with E-state index < -0.39 is 0 Å². The van der Waals surface area contributed by atoms with Crippen molar-refractivity contribution in [1.82, 2.24) is 9.36 Å². The van der Waals surface area contributed by atoms with Gasteiger partial charge in [0.2, 0.25) is 5.13 Å². The normalized spacial score (nSPS) is 12.9. The van der Waals surface area contributed by atoms with E-state index in [2.05, 4.69) is 21.6 Å². The van der Waals surface area contributed by atoms with E-state index in [0.29, 0.717) is 12.5 Å². The Balaban J connectivity index is 2.23. The summed E-state index contributed by atoms with van der Waals surface area (Å²) in [6.45, 7) is 3.66. The Morgan fingerprint density at radius 3 is 3.18 bits per heavy atom. The van der Waals surface area contributed by atoms with Gasteiger partial charge in [-0.2, -0.15) is 4.37 Å². The standard InChI is InChI=1S/C6H12N4S/c1-5(2-7)3-8-6-9-4-10-11-6/h4-5H,2-3,7H2,1H3,(H,8,9,10). The van der Waals surface area contributed by atoms with E-state index in [4.69, 9.17) is 5.73 Å². The molecule has 0 fully saturated rings. The first-order valence-electron chi connectivity index (χ1n) is 3.53. The summed E-state index contributed by atoms with van der Waals surface area (Å²) in [5, 5.41) is 4.01. The summed E-state index contributed by atoms with van der Waals surface area (Å²) < 4.78 is 3.86. The molecule has 0 saturated heterocycles. The van der Waals surface area contributed by atoms with Crippen molar-refractivity contribution in [3.8, 4) is 0 Å². The van der Waals surface area contributed by atoms with Crippen molar-refractivity contribution < 1.29 is 0 Å². The molecule has 1 aromatic rings. The molecular formula is C6H12N4S. The number of hydrogen-bond donors (Lipinski definition) is 2. The number of nitrogens with two attached hydrogens (primary N) is 1. The predicted octanol–water partition coefficient (Wildman–Crippen LogP) is 0.545. The van der Waals surface area contributed by atoms with E-state index >= 15 is 0 Å².